The van der Waals surface area contributed by atoms with Crippen LogP contribution in [0.4, 0.5) is 23.1 Å². The summed E-state index contributed by atoms with van der Waals surface area (Å²) in [7, 11) is -2.53. The Balaban J connectivity index is 2.08. The second-order valence-corrected chi connectivity index (χ2v) is 7.35. The summed E-state index contributed by atoms with van der Waals surface area (Å²) in [6.45, 7) is 0. The predicted molar refractivity (Wildman–Crippen MR) is 65.7 cm³/mol. The number of rotatable bonds is 1. The van der Waals surface area contributed by atoms with E-state index in [1.54, 1.807) is 0 Å². The molecule has 1 aliphatic rings. The van der Waals surface area contributed by atoms with E-state index in [4.69, 9.17) is 0 Å². The summed E-state index contributed by atoms with van der Waals surface area (Å²) >= 11 is 0.646. The normalized spacial score (nSPS) is 18.3. The smallest absolute Gasteiger partial charge is 0.281 e. The van der Waals surface area contributed by atoms with E-state index in [0.29, 0.717) is 22.8 Å². The molecule has 0 spiro atoms. The lowest BCUT2D eigenvalue weighted by Crippen LogP contribution is -2.12. The Bertz CT molecular complexity index is 590. The van der Waals surface area contributed by atoms with Crippen molar-refractivity contribution in [3.8, 4) is 0 Å². The van der Waals surface area contributed by atoms with E-state index in [-0.39, 0.29) is 5.13 Å². The predicted octanol–water partition coefficient (Wildman–Crippen LogP) is 2.96. The van der Waals surface area contributed by atoms with Gasteiger partial charge in [-0.3, -0.25) is 5.32 Å². The molecule has 106 valence electrons. The van der Waals surface area contributed by atoms with E-state index in [9.17, 15) is 22.2 Å². The minimum absolute atomic E-state index is 0.206. The maximum Gasteiger partial charge on any atom is 0.434 e. The van der Waals surface area contributed by atoms with E-state index in [0.717, 1.165) is 18.2 Å². The number of thiazole rings is 1. The number of alkyl halides is 3. The van der Waals surface area contributed by atoms with Crippen LogP contribution < -0.4 is 5.32 Å². The van der Waals surface area contributed by atoms with E-state index < -0.39 is 27.6 Å². The highest BCUT2D eigenvalue weighted by Crippen LogP contribution is 2.31. The lowest BCUT2D eigenvalue weighted by molar-refractivity contribution is -0.140. The van der Waals surface area contributed by atoms with Crippen LogP contribution in [-0.2, 0) is 15.9 Å². The van der Waals surface area contributed by atoms with Crippen molar-refractivity contribution in [3.63, 3.8) is 0 Å². The molecule has 5 nitrogen and oxygen atoms in total. The number of hydrogen-bond donors (Lipinski definition) is 1. The van der Waals surface area contributed by atoms with Crippen molar-refractivity contribution in [1.82, 2.24) is 4.98 Å². The van der Waals surface area contributed by atoms with Gasteiger partial charge in [-0.05, 0) is 12.8 Å². The van der Waals surface area contributed by atoms with Gasteiger partial charge in [0.2, 0.25) is 0 Å². The summed E-state index contributed by atoms with van der Waals surface area (Å²) in [5.41, 5.74) is -1.07. The van der Waals surface area contributed by atoms with Crippen molar-refractivity contribution in [2.45, 2.75) is 19.0 Å². The summed E-state index contributed by atoms with van der Waals surface area (Å²) in [5.74, 6) is 0.707. The first kappa shape index (κ1) is 14.3. The van der Waals surface area contributed by atoms with E-state index in [2.05, 4.69) is 14.7 Å². The minimum atomic E-state index is -4.55. The fraction of sp³-hybridized carbons (Fsp3) is 0.556. The number of nitrogens with one attached hydrogen (secondary N) is 1. The minimum Gasteiger partial charge on any atom is -0.281 e. The Morgan fingerprint density at radius 1 is 1.42 bits per heavy atom. The van der Waals surface area contributed by atoms with Crippen molar-refractivity contribution in [3.05, 3.63) is 11.1 Å². The van der Waals surface area contributed by atoms with Crippen LogP contribution in [0.2, 0.25) is 0 Å². The second-order valence-electron chi connectivity index (χ2n) is 3.95. The number of nitrogens with zero attached hydrogens (tertiary/aromatic N) is 2. The summed E-state index contributed by atoms with van der Waals surface area (Å²) < 4.78 is 52.3. The summed E-state index contributed by atoms with van der Waals surface area (Å²) in [5, 5.41) is 2.70. The third-order valence-electron chi connectivity index (χ3n) is 2.43. The molecule has 0 radical (unpaired) electrons. The van der Waals surface area contributed by atoms with Gasteiger partial charge >= 0.3 is 12.2 Å². The SMILES string of the molecule is O=C(N=S1(=O)CCCC1)Nc1nc(C(F)(F)F)cs1. The summed E-state index contributed by atoms with van der Waals surface area (Å²) in [6.07, 6.45) is -3.07. The van der Waals surface area contributed by atoms with Crippen molar-refractivity contribution in [2.75, 3.05) is 16.8 Å². The zero-order valence-electron chi connectivity index (χ0n) is 9.57. The van der Waals surface area contributed by atoms with Gasteiger partial charge in [-0.25, -0.2) is 14.0 Å². The van der Waals surface area contributed by atoms with Crippen LogP contribution in [0.3, 0.4) is 0 Å². The maximum absolute atomic E-state index is 12.3. The molecule has 1 aliphatic heterocycles. The molecule has 10 heteroatoms. The zero-order valence-corrected chi connectivity index (χ0v) is 11.2. The fourth-order valence-electron chi connectivity index (χ4n) is 1.58. The lowest BCUT2D eigenvalue weighted by atomic mass is 10.4. The highest BCUT2D eigenvalue weighted by atomic mass is 32.2. The van der Waals surface area contributed by atoms with E-state index in [1.807, 2.05) is 0 Å². The van der Waals surface area contributed by atoms with Crippen LogP contribution in [0.5, 0.6) is 0 Å². The van der Waals surface area contributed by atoms with Crippen molar-refractivity contribution in [2.24, 2.45) is 4.36 Å². The first-order chi connectivity index (χ1) is 8.78. The van der Waals surface area contributed by atoms with Gasteiger partial charge in [0.25, 0.3) is 0 Å². The van der Waals surface area contributed by atoms with Crippen LogP contribution in [-0.4, -0.2) is 26.7 Å². The van der Waals surface area contributed by atoms with Gasteiger partial charge in [-0.15, -0.1) is 15.7 Å². The molecule has 0 bridgehead atoms. The zero-order chi connectivity index (χ0) is 14.1. The van der Waals surface area contributed by atoms with Gasteiger partial charge in [0, 0.05) is 16.9 Å². The number of aromatic nitrogens is 1. The first-order valence-electron chi connectivity index (χ1n) is 5.35. The first-order valence-corrected chi connectivity index (χ1v) is 8.08. The van der Waals surface area contributed by atoms with E-state index in [1.165, 1.54) is 0 Å². The molecule has 2 amide bonds. The molecule has 2 heterocycles. The third kappa shape index (κ3) is 3.66. The molecule has 0 atom stereocenters. The van der Waals surface area contributed by atoms with Crippen molar-refractivity contribution in [1.29, 1.82) is 0 Å². The van der Waals surface area contributed by atoms with Gasteiger partial charge in [-0.1, -0.05) is 0 Å². The third-order valence-corrected chi connectivity index (χ3v) is 5.54. The quantitative estimate of drug-likeness (QED) is 0.866. The Kier molecular flexibility index (Phi) is 3.81. The Hall–Kier alpha value is -1.16. The molecule has 1 fully saturated rings. The molecule has 1 aromatic rings. The molecule has 0 aromatic carbocycles. The number of carbonyl (C=O) groups excluding carboxylic acids is 1. The number of carbonyl (C=O) groups is 1. The molecule has 1 N–H and O–H groups in total. The molecular formula is C9H10F3N3O2S2. The van der Waals surface area contributed by atoms with Crippen LogP contribution in [0, 0.1) is 0 Å². The Morgan fingerprint density at radius 2 is 2.05 bits per heavy atom. The van der Waals surface area contributed by atoms with Gasteiger partial charge < -0.3 is 0 Å². The molecule has 0 aliphatic carbocycles. The lowest BCUT2D eigenvalue weighted by Gasteiger charge is -2.01. The average Bonchev–Trinajstić information content (AvgIpc) is 2.86. The topological polar surface area (TPSA) is 71.4 Å². The molecule has 19 heavy (non-hydrogen) atoms. The largest absolute Gasteiger partial charge is 0.434 e. The van der Waals surface area contributed by atoms with Gasteiger partial charge in [0.1, 0.15) is 0 Å². The number of amides is 2. The van der Waals surface area contributed by atoms with Crippen LogP contribution in [0.15, 0.2) is 9.74 Å². The van der Waals surface area contributed by atoms with Gasteiger partial charge in [0.05, 0.1) is 9.73 Å². The second kappa shape index (κ2) is 5.08. The van der Waals surface area contributed by atoms with E-state index >= 15 is 0 Å². The molecule has 1 saturated heterocycles. The summed E-state index contributed by atoms with van der Waals surface area (Å²) in [4.78, 5) is 14.7. The Labute approximate surface area is 111 Å². The molecule has 0 unspecified atom stereocenters. The van der Waals surface area contributed by atoms with Crippen LogP contribution in [0.25, 0.3) is 0 Å². The average molecular weight is 313 g/mol. The maximum atomic E-state index is 12.3. The van der Waals surface area contributed by atoms with Crippen LogP contribution in [0.1, 0.15) is 18.5 Å². The monoisotopic (exact) mass is 313 g/mol. The molecule has 2 rings (SSSR count). The molecule has 0 saturated carbocycles. The summed E-state index contributed by atoms with van der Waals surface area (Å²) in [6, 6.07) is -0.907. The number of anilines is 1. The Morgan fingerprint density at radius 3 is 2.58 bits per heavy atom. The fourth-order valence-corrected chi connectivity index (χ4v) is 4.33. The molecular weight excluding hydrogens is 303 g/mol. The van der Waals surface area contributed by atoms with Crippen LogP contribution >= 0.6 is 11.3 Å². The number of urea groups is 1. The number of hydrogen-bond acceptors (Lipinski definition) is 4. The highest BCUT2D eigenvalue weighted by molar-refractivity contribution is 7.94. The molecule has 1 aromatic heterocycles. The van der Waals surface area contributed by atoms with Gasteiger partial charge in [-0.2, -0.15) is 13.2 Å². The highest BCUT2D eigenvalue weighted by Gasteiger charge is 2.34. The standard InChI is InChI=1S/C9H10F3N3O2S2/c10-9(11,12)6-5-18-8(13-6)14-7(16)15-19(17)3-1-2-4-19/h5H,1-4H2,(H,13,14,16). The van der Waals surface area contributed by atoms with Gasteiger partial charge in [0.15, 0.2) is 10.8 Å². The van der Waals surface area contributed by atoms with Crippen molar-refractivity contribution < 1.29 is 22.2 Å². The van der Waals surface area contributed by atoms with Crippen molar-refractivity contribution >= 4 is 32.2 Å². The number of halogens is 3.